The quantitative estimate of drug-likeness (QED) is 0.778. The van der Waals surface area contributed by atoms with Crippen LogP contribution in [0.4, 0.5) is 0 Å². The van der Waals surface area contributed by atoms with Gasteiger partial charge in [0.1, 0.15) is 0 Å². The summed E-state index contributed by atoms with van der Waals surface area (Å²) in [4.78, 5) is 0. The number of rotatable bonds is 5. The van der Waals surface area contributed by atoms with Crippen LogP contribution in [0.5, 0.6) is 0 Å². The van der Waals surface area contributed by atoms with E-state index in [0.29, 0.717) is 0 Å². The molecule has 2 rings (SSSR count). The fourth-order valence-corrected chi connectivity index (χ4v) is 2.49. The molecule has 0 aliphatic heterocycles. The van der Waals surface area contributed by atoms with Crippen molar-refractivity contribution in [3.8, 4) is 0 Å². The second-order valence-corrected chi connectivity index (χ2v) is 5.07. The number of likely N-dealkylation sites (N-methyl/N-ethyl adjacent to an activating group) is 1. The van der Waals surface area contributed by atoms with E-state index in [-0.39, 0.29) is 0 Å². The summed E-state index contributed by atoms with van der Waals surface area (Å²) in [7, 11) is 1.98. The largest absolute Gasteiger partial charge is 0.388 e. The van der Waals surface area contributed by atoms with Gasteiger partial charge in [-0.1, -0.05) is 66.7 Å². The summed E-state index contributed by atoms with van der Waals surface area (Å²) in [6.45, 7) is 4.25. The van der Waals surface area contributed by atoms with Crippen LogP contribution < -0.4 is 5.32 Å². The van der Waals surface area contributed by atoms with Crippen LogP contribution in [0.25, 0.3) is 5.57 Å². The van der Waals surface area contributed by atoms with Gasteiger partial charge in [-0.15, -0.1) is 0 Å². The first-order chi connectivity index (χ1) is 10.3. The Morgan fingerprint density at radius 1 is 1.00 bits per heavy atom. The van der Waals surface area contributed by atoms with E-state index < -0.39 is 0 Å². The van der Waals surface area contributed by atoms with Gasteiger partial charge in [0.15, 0.2) is 0 Å². The maximum Gasteiger partial charge on any atom is 0.0376 e. The van der Waals surface area contributed by atoms with Crippen LogP contribution in [0.3, 0.4) is 0 Å². The van der Waals surface area contributed by atoms with Crippen LogP contribution >= 0.6 is 0 Å². The van der Waals surface area contributed by atoms with Gasteiger partial charge in [0.2, 0.25) is 0 Å². The molecule has 0 amide bonds. The highest BCUT2D eigenvalue weighted by atomic mass is 14.8. The molecular weight excluding hydrogens is 254 g/mol. The van der Waals surface area contributed by atoms with Gasteiger partial charge < -0.3 is 5.32 Å². The van der Waals surface area contributed by atoms with Gasteiger partial charge in [-0.05, 0) is 37.0 Å². The summed E-state index contributed by atoms with van der Waals surface area (Å²) < 4.78 is 0. The molecule has 108 valence electrons. The van der Waals surface area contributed by atoms with E-state index in [1.807, 2.05) is 13.1 Å². The fourth-order valence-electron chi connectivity index (χ4n) is 2.49. The number of hydrogen-bond donors (Lipinski definition) is 1. The van der Waals surface area contributed by atoms with Gasteiger partial charge in [-0.25, -0.2) is 0 Å². The van der Waals surface area contributed by atoms with Crippen molar-refractivity contribution in [2.75, 3.05) is 7.05 Å². The monoisotopic (exact) mass is 277 g/mol. The summed E-state index contributed by atoms with van der Waals surface area (Å²) in [5, 5.41) is 3.33. The van der Waals surface area contributed by atoms with E-state index in [0.717, 1.165) is 6.42 Å². The Balaban J connectivity index is 2.26. The number of aryl methyl sites for hydroxylation is 1. The molecule has 0 aromatic heterocycles. The zero-order valence-electron chi connectivity index (χ0n) is 13.1. The molecule has 1 nitrogen and oxygen atoms in total. The summed E-state index contributed by atoms with van der Waals surface area (Å²) in [5.74, 6) is 0. The van der Waals surface area contributed by atoms with Crippen LogP contribution in [-0.4, -0.2) is 7.05 Å². The van der Waals surface area contributed by atoms with Crippen molar-refractivity contribution in [2.45, 2.75) is 20.3 Å². The minimum absolute atomic E-state index is 0.938. The number of hydrogen-bond acceptors (Lipinski definition) is 1. The number of allylic oxidation sites excluding steroid dienone is 3. The van der Waals surface area contributed by atoms with E-state index in [1.54, 1.807) is 0 Å². The maximum atomic E-state index is 3.33. The van der Waals surface area contributed by atoms with Crippen LogP contribution in [0, 0.1) is 6.92 Å². The van der Waals surface area contributed by atoms with E-state index >= 15 is 0 Å². The molecule has 2 aromatic rings. The van der Waals surface area contributed by atoms with Gasteiger partial charge in [0.25, 0.3) is 0 Å². The Kier molecular flexibility index (Phi) is 5.39. The average molecular weight is 277 g/mol. The maximum absolute atomic E-state index is 3.33. The third-order valence-corrected chi connectivity index (χ3v) is 3.72. The second kappa shape index (κ2) is 7.49. The molecule has 0 saturated heterocycles. The SMILES string of the molecule is C/C=C(\C(=C/Cc1ccccc1C)NC)c1ccccc1. The normalized spacial score (nSPS) is 12.3. The molecule has 0 radical (unpaired) electrons. The number of benzene rings is 2. The van der Waals surface area contributed by atoms with Crippen LogP contribution in [0.15, 0.2) is 72.4 Å². The second-order valence-electron chi connectivity index (χ2n) is 5.07. The lowest BCUT2D eigenvalue weighted by Gasteiger charge is -2.13. The van der Waals surface area contributed by atoms with E-state index in [4.69, 9.17) is 0 Å². The fraction of sp³-hybridized carbons (Fsp3) is 0.200. The smallest absolute Gasteiger partial charge is 0.0376 e. The van der Waals surface area contributed by atoms with Crippen molar-refractivity contribution in [1.82, 2.24) is 5.32 Å². The first-order valence-electron chi connectivity index (χ1n) is 7.40. The molecule has 0 fully saturated rings. The molecular formula is C20H23N. The van der Waals surface area contributed by atoms with Crippen molar-refractivity contribution in [3.63, 3.8) is 0 Å². The third kappa shape index (κ3) is 3.85. The van der Waals surface area contributed by atoms with Crippen LogP contribution in [-0.2, 0) is 6.42 Å². The first-order valence-corrected chi connectivity index (χ1v) is 7.40. The minimum Gasteiger partial charge on any atom is -0.388 e. The molecule has 2 aromatic carbocycles. The van der Waals surface area contributed by atoms with Crippen molar-refractivity contribution in [3.05, 3.63) is 89.1 Å². The average Bonchev–Trinajstić information content (AvgIpc) is 2.53. The summed E-state index contributed by atoms with van der Waals surface area (Å²) in [6.07, 6.45) is 5.37. The van der Waals surface area contributed by atoms with Crippen molar-refractivity contribution < 1.29 is 0 Å². The zero-order valence-corrected chi connectivity index (χ0v) is 13.1. The van der Waals surface area contributed by atoms with Gasteiger partial charge >= 0.3 is 0 Å². The van der Waals surface area contributed by atoms with Crippen LogP contribution in [0.1, 0.15) is 23.6 Å². The van der Waals surface area contributed by atoms with Crippen molar-refractivity contribution in [2.24, 2.45) is 0 Å². The lowest BCUT2D eigenvalue weighted by atomic mass is 9.99. The van der Waals surface area contributed by atoms with Gasteiger partial charge in [-0.2, -0.15) is 0 Å². The molecule has 0 aliphatic carbocycles. The summed E-state index contributed by atoms with van der Waals surface area (Å²) in [5.41, 5.74) is 6.36. The lowest BCUT2D eigenvalue weighted by Crippen LogP contribution is -2.08. The Labute approximate surface area is 128 Å². The molecule has 0 bridgehead atoms. The predicted molar refractivity (Wildman–Crippen MR) is 92.1 cm³/mol. The van der Waals surface area contributed by atoms with Gasteiger partial charge in [0.05, 0.1) is 0 Å². The Morgan fingerprint density at radius 3 is 2.29 bits per heavy atom. The van der Waals surface area contributed by atoms with E-state index in [2.05, 4.69) is 79.8 Å². The van der Waals surface area contributed by atoms with Crippen LogP contribution in [0.2, 0.25) is 0 Å². The minimum atomic E-state index is 0.938. The first kappa shape index (κ1) is 15.1. The molecule has 0 aliphatic rings. The Morgan fingerprint density at radius 2 is 1.67 bits per heavy atom. The van der Waals surface area contributed by atoms with Crippen molar-refractivity contribution >= 4 is 5.57 Å². The molecule has 1 N–H and O–H groups in total. The van der Waals surface area contributed by atoms with E-state index in [9.17, 15) is 0 Å². The predicted octanol–water partition coefficient (Wildman–Crippen LogP) is 4.74. The lowest BCUT2D eigenvalue weighted by molar-refractivity contribution is 1.02. The van der Waals surface area contributed by atoms with Crippen molar-refractivity contribution in [1.29, 1.82) is 0 Å². The Bertz CT molecular complexity index is 636. The number of nitrogens with one attached hydrogen (secondary N) is 1. The highest BCUT2D eigenvalue weighted by Crippen LogP contribution is 2.21. The Hall–Kier alpha value is -2.28. The molecule has 0 spiro atoms. The molecule has 0 atom stereocenters. The highest BCUT2D eigenvalue weighted by Gasteiger charge is 2.05. The van der Waals surface area contributed by atoms with E-state index in [1.165, 1.54) is 28.0 Å². The molecule has 21 heavy (non-hydrogen) atoms. The highest BCUT2D eigenvalue weighted by molar-refractivity contribution is 5.78. The topological polar surface area (TPSA) is 12.0 Å². The molecule has 0 heterocycles. The zero-order chi connectivity index (χ0) is 15.1. The molecule has 0 unspecified atom stereocenters. The standard InChI is InChI=1S/C20H23N/c1-4-19(18-12-6-5-7-13-18)20(21-3)15-14-17-11-9-8-10-16(17)2/h4-13,15,21H,14H2,1-3H3/b19-4-,20-15+. The molecule has 1 heteroatoms. The van der Waals surface area contributed by atoms with Gasteiger partial charge in [-0.3, -0.25) is 0 Å². The summed E-state index contributed by atoms with van der Waals surface area (Å²) >= 11 is 0. The molecule has 0 saturated carbocycles. The third-order valence-electron chi connectivity index (χ3n) is 3.72. The summed E-state index contributed by atoms with van der Waals surface area (Å²) in [6, 6.07) is 19.0. The van der Waals surface area contributed by atoms with Gasteiger partial charge in [0, 0.05) is 18.3 Å².